The second-order valence-corrected chi connectivity index (χ2v) is 4.97. The Morgan fingerprint density at radius 2 is 2.00 bits per heavy atom. The van der Waals surface area contributed by atoms with Gasteiger partial charge in [-0.1, -0.05) is 30.3 Å². The number of nitrogens with zero attached hydrogens (tertiary/aromatic N) is 2. The largest absolute Gasteiger partial charge is 0.479 e. The third-order valence-electron chi connectivity index (χ3n) is 3.33. The number of rotatable bonds is 5. The molecule has 3 rings (SSSR count). The molecular formula is C14H14N4O3. The Morgan fingerprint density at radius 1 is 1.29 bits per heavy atom. The van der Waals surface area contributed by atoms with E-state index in [1.165, 1.54) is 0 Å². The monoisotopic (exact) mass is 286 g/mol. The molecule has 1 aliphatic carbocycles. The van der Waals surface area contributed by atoms with Crippen LogP contribution in [-0.4, -0.2) is 32.2 Å². The van der Waals surface area contributed by atoms with Gasteiger partial charge in [-0.15, -0.1) is 5.10 Å². The minimum Gasteiger partial charge on any atom is -0.479 e. The molecule has 0 bridgehead atoms. The molecule has 21 heavy (non-hydrogen) atoms. The fourth-order valence-corrected chi connectivity index (χ4v) is 2.04. The highest BCUT2D eigenvalue weighted by Gasteiger charge is 2.29. The summed E-state index contributed by atoms with van der Waals surface area (Å²) in [5.41, 5.74) is 0.497. The van der Waals surface area contributed by atoms with Crippen molar-refractivity contribution in [2.24, 2.45) is 0 Å². The normalized spacial score (nSPS) is 15.4. The molecule has 0 unspecified atom stereocenters. The zero-order valence-electron chi connectivity index (χ0n) is 11.1. The minimum absolute atomic E-state index is 0.0286. The van der Waals surface area contributed by atoms with E-state index in [4.69, 9.17) is 0 Å². The summed E-state index contributed by atoms with van der Waals surface area (Å²) in [6.45, 7) is 0. The van der Waals surface area contributed by atoms with Gasteiger partial charge in [0.1, 0.15) is 5.82 Å². The molecule has 0 spiro atoms. The molecule has 0 aliphatic heterocycles. The van der Waals surface area contributed by atoms with Crippen LogP contribution in [0.1, 0.15) is 46.8 Å². The maximum atomic E-state index is 12.1. The van der Waals surface area contributed by atoms with Crippen LogP contribution in [0.4, 0.5) is 0 Å². The van der Waals surface area contributed by atoms with Crippen LogP contribution in [0.3, 0.4) is 0 Å². The molecule has 0 radical (unpaired) electrons. The van der Waals surface area contributed by atoms with Crippen LogP contribution in [0.2, 0.25) is 0 Å². The van der Waals surface area contributed by atoms with Crippen molar-refractivity contribution in [3.8, 4) is 0 Å². The molecule has 1 aromatic heterocycles. The molecule has 2 aromatic rings. The van der Waals surface area contributed by atoms with Crippen molar-refractivity contribution in [2.45, 2.75) is 24.8 Å². The molecule has 7 nitrogen and oxygen atoms in total. The Morgan fingerprint density at radius 3 is 2.62 bits per heavy atom. The van der Waals surface area contributed by atoms with Gasteiger partial charge in [0.15, 0.2) is 6.04 Å². The molecule has 7 heteroatoms. The van der Waals surface area contributed by atoms with Crippen LogP contribution in [0.5, 0.6) is 0 Å². The number of aliphatic carboxylic acids is 1. The van der Waals surface area contributed by atoms with Crippen molar-refractivity contribution in [2.75, 3.05) is 0 Å². The number of aromatic amines is 1. The fourth-order valence-electron chi connectivity index (χ4n) is 2.04. The lowest BCUT2D eigenvalue weighted by Gasteiger charge is -2.13. The minimum atomic E-state index is -1.13. The van der Waals surface area contributed by atoms with E-state index in [2.05, 4.69) is 20.5 Å². The third kappa shape index (κ3) is 2.91. The van der Waals surface area contributed by atoms with E-state index in [9.17, 15) is 14.7 Å². The van der Waals surface area contributed by atoms with E-state index < -0.39 is 17.9 Å². The summed E-state index contributed by atoms with van der Waals surface area (Å²) in [5, 5.41) is 18.3. The maximum Gasteiger partial charge on any atom is 0.330 e. The number of carbonyl (C=O) groups is 2. The summed E-state index contributed by atoms with van der Waals surface area (Å²) in [5.74, 6) is -0.726. The predicted molar refractivity (Wildman–Crippen MR) is 72.6 cm³/mol. The molecule has 1 atom stereocenters. The number of carboxylic acid groups (broad SMARTS) is 1. The van der Waals surface area contributed by atoms with Crippen molar-refractivity contribution < 1.29 is 14.7 Å². The average molecular weight is 286 g/mol. The van der Waals surface area contributed by atoms with Gasteiger partial charge in [0.05, 0.1) is 0 Å². The average Bonchev–Trinajstić information content (AvgIpc) is 3.22. The summed E-state index contributed by atoms with van der Waals surface area (Å²) in [6.07, 6.45) is 2.08. The zero-order valence-corrected chi connectivity index (χ0v) is 11.1. The van der Waals surface area contributed by atoms with Gasteiger partial charge in [0.25, 0.3) is 5.91 Å². The smallest absolute Gasteiger partial charge is 0.330 e. The van der Waals surface area contributed by atoms with E-state index >= 15 is 0 Å². The number of benzene rings is 1. The molecule has 3 N–H and O–H groups in total. The van der Waals surface area contributed by atoms with Crippen molar-refractivity contribution in [3.63, 3.8) is 0 Å². The van der Waals surface area contributed by atoms with Gasteiger partial charge >= 0.3 is 5.97 Å². The SMILES string of the molecule is O=C(N[C@H](C(=O)O)c1ccccc1)c1n[nH]c(C2CC2)n1. The lowest BCUT2D eigenvalue weighted by atomic mass is 10.1. The molecule has 1 aliphatic rings. The van der Waals surface area contributed by atoms with Crippen LogP contribution in [0, 0.1) is 0 Å². The second kappa shape index (κ2) is 5.35. The van der Waals surface area contributed by atoms with Crippen LogP contribution < -0.4 is 5.32 Å². The molecule has 1 heterocycles. The third-order valence-corrected chi connectivity index (χ3v) is 3.33. The van der Waals surface area contributed by atoms with Crippen molar-refractivity contribution in [1.82, 2.24) is 20.5 Å². The highest BCUT2D eigenvalue weighted by Crippen LogP contribution is 2.37. The van der Waals surface area contributed by atoms with Crippen LogP contribution in [0.25, 0.3) is 0 Å². The van der Waals surface area contributed by atoms with Crippen LogP contribution >= 0.6 is 0 Å². The van der Waals surface area contributed by atoms with Gasteiger partial charge < -0.3 is 10.4 Å². The zero-order chi connectivity index (χ0) is 14.8. The standard InChI is InChI=1S/C14H14N4O3/c19-13(12-16-11(17-18-12)9-6-7-9)15-10(14(20)21)8-4-2-1-3-5-8/h1-5,9-10H,6-7H2,(H,15,19)(H,20,21)(H,16,17,18)/t10-/m0/s1. The number of carboxylic acids is 1. The number of nitrogens with one attached hydrogen (secondary N) is 2. The fraction of sp³-hybridized carbons (Fsp3) is 0.286. The number of aromatic nitrogens is 3. The first-order valence-electron chi connectivity index (χ1n) is 6.66. The molecular weight excluding hydrogens is 272 g/mol. The Bertz CT molecular complexity index is 664. The Labute approximate surface area is 120 Å². The van der Waals surface area contributed by atoms with Crippen molar-refractivity contribution >= 4 is 11.9 Å². The van der Waals surface area contributed by atoms with Gasteiger partial charge in [-0.05, 0) is 18.4 Å². The van der Waals surface area contributed by atoms with Gasteiger partial charge in [0.2, 0.25) is 5.82 Å². The molecule has 1 aromatic carbocycles. The first-order valence-corrected chi connectivity index (χ1v) is 6.66. The van der Waals surface area contributed by atoms with E-state index in [1.807, 2.05) is 0 Å². The summed E-state index contributed by atoms with van der Waals surface area (Å²) >= 11 is 0. The van der Waals surface area contributed by atoms with E-state index in [-0.39, 0.29) is 5.82 Å². The number of H-pyrrole nitrogens is 1. The lowest BCUT2D eigenvalue weighted by Crippen LogP contribution is -2.34. The Balaban J connectivity index is 1.75. The topological polar surface area (TPSA) is 108 Å². The highest BCUT2D eigenvalue weighted by molar-refractivity contribution is 5.93. The summed E-state index contributed by atoms with van der Waals surface area (Å²) < 4.78 is 0. The predicted octanol–water partition coefficient (Wildman–Crippen LogP) is 1.24. The second-order valence-electron chi connectivity index (χ2n) is 4.97. The number of carbonyl (C=O) groups excluding carboxylic acids is 1. The Hall–Kier alpha value is -2.70. The number of hydrogen-bond donors (Lipinski definition) is 3. The molecule has 1 saturated carbocycles. The number of hydrogen-bond acceptors (Lipinski definition) is 4. The van der Waals surface area contributed by atoms with E-state index in [0.29, 0.717) is 17.3 Å². The first kappa shape index (κ1) is 13.3. The Kier molecular flexibility index (Phi) is 3.39. The molecule has 1 amide bonds. The maximum absolute atomic E-state index is 12.1. The van der Waals surface area contributed by atoms with Gasteiger partial charge in [0, 0.05) is 5.92 Å². The summed E-state index contributed by atoms with van der Waals surface area (Å²) in [6, 6.07) is 7.38. The first-order chi connectivity index (χ1) is 10.1. The lowest BCUT2D eigenvalue weighted by molar-refractivity contribution is -0.139. The molecule has 0 saturated heterocycles. The summed E-state index contributed by atoms with van der Waals surface area (Å²) in [4.78, 5) is 27.5. The van der Waals surface area contributed by atoms with Crippen molar-refractivity contribution in [3.05, 3.63) is 47.5 Å². The van der Waals surface area contributed by atoms with E-state index in [0.717, 1.165) is 12.8 Å². The highest BCUT2D eigenvalue weighted by atomic mass is 16.4. The quantitative estimate of drug-likeness (QED) is 0.766. The van der Waals surface area contributed by atoms with Gasteiger partial charge in [-0.25, -0.2) is 9.78 Å². The van der Waals surface area contributed by atoms with Crippen LogP contribution in [-0.2, 0) is 4.79 Å². The van der Waals surface area contributed by atoms with Crippen LogP contribution in [0.15, 0.2) is 30.3 Å². The van der Waals surface area contributed by atoms with Crippen molar-refractivity contribution in [1.29, 1.82) is 0 Å². The molecule has 108 valence electrons. The number of amides is 1. The van der Waals surface area contributed by atoms with E-state index in [1.54, 1.807) is 30.3 Å². The van der Waals surface area contributed by atoms with Gasteiger partial charge in [-0.3, -0.25) is 9.89 Å². The molecule has 1 fully saturated rings. The van der Waals surface area contributed by atoms with Gasteiger partial charge in [-0.2, -0.15) is 0 Å². The summed E-state index contributed by atoms with van der Waals surface area (Å²) in [7, 11) is 0.